The van der Waals surface area contributed by atoms with E-state index in [0.29, 0.717) is 17.7 Å². The Morgan fingerprint density at radius 2 is 1.61 bits per heavy atom. The van der Waals surface area contributed by atoms with Crippen LogP contribution in [0.15, 0.2) is 48.5 Å². The number of anilines is 3. The molecule has 1 saturated carbocycles. The van der Waals surface area contributed by atoms with E-state index in [-0.39, 0.29) is 23.7 Å². The topological polar surface area (TPSA) is 85.2 Å². The molecular weight excluding hydrogens is 352 g/mol. The molecular formula is C22H24N4O2. The van der Waals surface area contributed by atoms with E-state index in [1.54, 1.807) is 24.3 Å². The van der Waals surface area contributed by atoms with Crippen molar-refractivity contribution in [2.75, 3.05) is 28.6 Å². The molecule has 0 aliphatic heterocycles. The average molecular weight is 376 g/mol. The van der Waals surface area contributed by atoms with Crippen molar-refractivity contribution in [1.29, 1.82) is 5.26 Å². The Morgan fingerprint density at radius 3 is 2.18 bits per heavy atom. The normalized spacial score (nSPS) is 17.3. The fourth-order valence-electron chi connectivity index (χ4n) is 3.26. The molecule has 2 atom stereocenters. The molecule has 1 aliphatic rings. The molecule has 3 rings (SSSR count). The summed E-state index contributed by atoms with van der Waals surface area (Å²) in [5.41, 5.74) is 2.90. The lowest BCUT2D eigenvalue weighted by Gasteiger charge is -2.21. The van der Waals surface area contributed by atoms with Gasteiger partial charge in [0.25, 0.3) is 0 Å². The van der Waals surface area contributed by atoms with Crippen LogP contribution in [0.5, 0.6) is 0 Å². The third-order valence-electron chi connectivity index (χ3n) is 4.99. The molecule has 0 bridgehead atoms. The Labute approximate surface area is 165 Å². The van der Waals surface area contributed by atoms with Crippen LogP contribution in [0.3, 0.4) is 0 Å². The lowest BCUT2D eigenvalue weighted by molar-refractivity contribution is -0.122. The number of amides is 2. The number of nitriles is 1. The molecule has 2 unspecified atom stereocenters. The maximum atomic E-state index is 12.4. The van der Waals surface area contributed by atoms with Gasteiger partial charge >= 0.3 is 0 Å². The summed E-state index contributed by atoms with van der Waals surface area (Å²) >= 11 is 0. The van der Waals surface area contributed by atoms with E-state index < -0.39 is 0 Å². The molecule has 6 nitrogen and oxygen atoms in total. The summed E-state index contributed by atoms with van der Waals surface area (Å²) in [6.45, 7) is 6.07. The Balaban J connectivity index is 1.54. The first-order valence-electron chi connectivity index (χ1n) is 9.52. The Kier molecular flexibility index (Phi) is 5.95. The Bertz CT molecular complexity index is 897. The summed E-state index contributed by atoms with van der Waals surface area (Å²) in [5, 5.41) is 14.6. The molecule has 1 fully saturated rings. The van der Waals surface area contributed by atoms with E-state index in [0.717, 1.165) is 24.5 Å². The predicted octanol–water partition coefficient (Wildman–Crippen LogP) is 3.62. The van der Waals surface area contributed by atoms with Gasteiger partial charge in [0.05, 0.1) is 23.5 Å². The molecule has 6 heteroatoms. The van der Waals surface area contributed by atoms with Gasteiger partial charge in [0.2, 0.25) is 11.8 Å². The summed E-state index contributed by atoms with van der Waals surface area (Å²) in [7, 11) is 0. The van der Waals surface area contributed by atoms with Gasteiger partial charge in [0.15, 0.2) is 0 Å². The SMILES string of the molecule is CCN(CC)c1ccc(NC(=O)C2CC2C(=O)Nc2cccc(C#N)c2)cc1. The first-order chi connectivity index (χ1) is 13.5. The number of benzene rings is 2. The van der Waals surface area contributed by atoms with Crippen molar-refractivity contribution >= 4 is 28.9 Å². The molecule has 2 amide bonds. The van der Waals surface area contributed by atoms with E-state index in [4.69, 9.17) is 5.26 Å². The number of rotatable bonds is 7. The lowest BCUT2D eigenvalue weighted by Crippen LogP contribution is -2.22. The number of nitrogens with zero attached hydrogens (tertiary/aromatic N) is 2. The number of carbonyl (C=O) groups is 2. The minimum absolute atomic E-state index is 0.137. The summed E-state index contributed by atoms with van der Waals surface area (Å²) < 4.78 is 0. The number of nitrogens with one attached hydrogen (secondary N) is 2. The molecule has 1 aliphatic carbocycles. The third-order valence-corrected chi connectivity index (χ3v) is 4.99. The van der Waals surface area contributed by atoms with E-state index in [9.17, 15) is 9.59 Å². The van der Waals surface area contributed by atoms with Crippen molar-refractivity contribution in [1.82, 2.24) is 0 Å². The molecule has 2 aromatic rings. The molecule has 0 aromatic heterocycles. The van der Waals surface area contributed by atoms with Crippen LogP contribution in [-0.2, 0) is 9.59 Å². The second-order valence-corrected chi connectivity index (χ2v) is 6.84. The monoisotopic (exact) mass is 376 g/mol. The van der Waals surface area contributed by atoms with Gasteiger partial charge in [-0.05, 0) is 62.7 Å². The molecule has 0 heterocycles. The third kappa shape index (κ3) is 4.49. The van der Waals surface area contributed by atoms with Gasteiger partial charge in [-0.3, -0.25) is 9.59 Å². The fourth-order valence-corrected chi connectivity index (χ4v) is 3.26. The number of hydrogen-bond donors (Lipinski definition) is 2. The summed E-state index contributed by atoms with van der Waals surface area (Å²) in [5.74, 6) is -0.976. The summed E-state index contributed by atoms with van der Waals surface area (Å²) in [6, 6.07) is 16.5. The van der Waals surface area contributed by atoms with Crippen LogP contribution in [0.1, 0.15) is 25.8 Å². The van der Waals surface area contributed by atoms with Crippen LogP contribution >= 0.6 is 0 Å². The van der Waals surface area contributed by atoms with E-state index in [1.165, 1.54) is 0 Å². The second kappa shape index (κ2) is 8.57. The van der Waals surface area contributed by atoms with Crippen LogP contribution in [0.25, 0.3) is 0 Å². The highest BCUT2D eigenvalue weighted by atomic mass is 16.2. The van der Waals surface area contributed by atoms with E-state index in [2.05, 4.69) is 29.4 Å². The number of hydrogen-bond acceptors (Lipinski definition) is 4. The van der Waals surface area contributed by atoms with E-state index in [1.807, 2.05) is 30.3 Å². The minimum atomic E-state index is -0.333. The van der Waals surface area contributed by atoms with Crippen molar-refractivity contribution in [3.8, 4) is 6.07 Å². The zero-order valence-corrected chi connectivity index (χ0v) is 16.1. The molecule has 2 aromatic carbocycles. The van der Waals surface area contributed by atoms with Crippen molar-refractivity contribution in [2.45, 2.75) is 20.3 Å². The largest absolute Gasteiger partial charge is 0.372 e. The molecule has 0 radical (unpaired) electrons. The van der Waals surface area contributed by atoms with Crippen LogP contribution in [0, 0.1) is 23.2 Å². The van der Waals surface area contributed by atoms with Gasteiger partial charge in [-0.15, -0.1) is 0 Å². The van der Waals surface area contributed by atoms with Crippen molar-refractivity contribution < 1.29 is 9.59 Å². The Hall–Kier alpha value is -3.33. The molecule has 28 heavy (non-hydrogen) atoms. The fraction of sp³-hybridized carbons (Fsp3) is 0.318. The molecule has 0 saturated heterocycles. The molecule has 2 N–H and O–H groups in total. The summed E-state index contributed by atoms with van der Waals surface area (Å²) in [4.78, 5) is 27.0. The van der Waals surface area contributed by atoms with Crippen molar-refractivity contribution in [3.63, 3.8) is 0 Å². The van der Waals surface area contributed by atoms with Crippen LogP contribution in [0.2, 0.25) is 0 Å². The van der Waals surface area contributed by atoms with Gasteiger partial charge in [-0.2, -0.15) is 5.26 Å². The molecule has 0 spiro atoms. The van der Waals surface area contributed by atoms with Crippen molar-refractivity contribution in [2.24, 2.45) is 11.8 Å². The highest BCUT2D eigenvalue weighted by Gasteiger charge is 2.48. The van der Waals surface area contributed by atoms with Crippen molar-refractivity contribution in [3.05, 3.63) is 54.1 Å². The van der Waals surface area contributed by atoms with Gasteiger partial charge in [0.1, 0.15) is 0 Å². The maximum Gasteiger partial charge on any atom is 0.228 e. The van der Waals surface area contributed by atoms with E-state index >= 15 is 0 Å². The minimum Gasteiger partial charge on any atom is -0.372 e. The number of carbonyl (C=O) groups excluding carboxylic acids is 2. The molecule has 144 valence electrons. The highest BCUT2D eigenvalue weighted by Crippen LogP contribution is 2.40. The predicted molar refractivity (Wildman–Crippen MR) is 110 cm³/mol. The quantitative estimate of drug-likeness (QED) is 0.773. The van der Waals surface area contributed by atoms with Gasteiger partial charge in [-0.25, -0.2) is 0 Å². The summed E-state index contributed by atoms with van der Waals surface area (Å²) in [6.07, 6.45) is 0.535. The van der Waals surface area contributed by atoms with Crippen LogP contribution < -0.4 is 15.5 Å². The van der Waals surface area contributed by atoms with Crippen LogP contribution in [-0.4, -0.2) is 24.9 Å². The Morgan fingerprint density at radius 1 is 1.00 bits per heavy atom. The van der Waals surface area contributed by atoms with Crippen LogP contribution in [0.4, 0.5) is 17.1 Å². The lowest BCUT2D eigenvalue weighted by atomic mass is 10.2. The smallest absolute Gasteiger partial charge is 0.228 e. The highest BCUT2D eigenvalue weighted by molar-refractivity contribution is 6.03. The van der Waals surface area contributed by atoms with Gasteiger partial charge in [0, 0.05) is 30.2 Å². The second-order valence-electron chi connectivity index (χ2n) is 6.84. The first kappa shape index (κ1) is 19.4. The standard InChI is InChI=1S/C22H24N4O2/c1-3-26(4-2)18-10-8-16(9-11-18)24-21(27)19-13-20(19)22(28)25-17-7-5-6-15(12-17)14-23/h5-12,19-20H,3-4,13H2,1-2H3,(H,24,27)(H,25,28). The van der Waals surface area contributed by atoms with Gasteiger partial charge in [-0.1, -0.05) is 6.07 Å². The maximum absolute atomic E-state index is 12.4. The zero-order valence-electron chi connectivity index (χ0n) is 16.1. The van der Waals surface area contributed by atoms with Gasteiger partial charge < -0.3 is 15.5 Å². The first-order valence-corrected chi connectivity index (χ1v) is 9.52. The average Bonchev–Trinajstić information content (AvgIpc) is 3.51. The zero-order chi connectivity index (χ0) is 20.1.